The van der Waals surface area contributed by atoms with E-state index in [4.69, 9.17) is 16.3 Å². The number of aliphatic imine (C=N–C) groups is 1. The molecular formula is C18H28ClF2IN4O2. The summed E-state index contributed by atoms with van der Waals surface area (Å²) in [5.74, 6) is 0.664. The molecule has 1 aliphatic rings. The summed E-state index contributed by atoms with van der Waals surface area (Å²) in [7, 11) is 5.78. The lowest BCUT2D eigenvalue weighted by molar-refractivity contribution is -0.0504. The van der Waals surface area contributed by atoms with Crippen molar-refractivity contribution in [3.05, 3.63) is 28.8 Å². The zero-order chi connectivity index (χ0) is 19.9. The lowest BCUT2D eigenvalue weighted by Gasteiger charge is -2.43. The molecule has 1 fully saturated rings. The van der Waals surface area contributed by atoms with Crippen molar-refractivity contribution in [3.8, 4) is 5.75 Å². The zero-order valence-corrected chi connectivity index (χ0v) is 19.4. The van der Waals surface area contributed by atoms with Crippen molar-refractivity contribution in [2.75, 3.05) is 40.9 Å². The predicted octanol–water partition coefficient (Wildman–Crippen LogP) is 3.34. The van der Waals surface area contributed by atoms with Gasteiger partial charge in [-0.05, 0) is 45.1 Å². The molecule has 0 amide bonds. The second-order valence-electron chi connectivity index (χ2n) is 6.64. The number of guanidine groups is 1. The Labute approximate surface area is 187 Å². The molecular weight excluding hydrogens is 505 g/mol. The molecule has 2 N–H and O–H groups in total. The molecule has 0 bridgehead atoms. The highest BCUT2D eigenvalue weighted by Gasteiger charge is 2.34. The Kier molecular flexibility index (Phi) is 10.7. The minimum atomic E-state index is -2.89. The molecule has 1 aromatic carbocycles. The van der Waals surface area contributed by atoms with Crippen LogP contribution >= 0.6 is 35.6 Å². The number of nitrogens with one attached hydrogen (secondary N) is 2. The standard InChI is InChI=1S/C18H27ClF2N4O2.HI/c1-22-17(24-12-18(25(2)3)6-8-26-9-7-18)23-11-13-10-14(19)4-5-15(13)27-16(20)21;/h4-5,10,16H,6-9,11-12H2,1-3H3,(H2,22,23,24);1H. The lowest BCUT2D eigenvalue weighted by atomic mass is 9.88. The van der Waals surface area contributed by atoms with Crippen LogP contribution in [0.25, 0.3) is 0 Å². The van der Waals surface area contributed by atoms with Gasteiger partial charge in [0.2, 0.25) is 0 Å². The Morgan fingerprint density at radius 2 is 2.00 bits per heavy atom. The van der Waals surface area contributed by atoms with Gasteiger partial charge in [0.05, 0.1) is 0 Å². The summed E-state index contributed by atoms with van der Waals surface area (Å²) < 4.78 is 35.2. The van der Waals surface area contributed by atoms with E-state index < -0.39 is 6.61 Å². The van der Waals surface area contributed by atoms with E-state index in [9.17, 15) is 8.78 Å². The molecule has 0 atom stereocenters. The summed E-state index contributed by atoms with van der Waals surface area (Å²) in [4.78, 5) is 6.42. The number of halogens is 4. The Morgan fingerprint density at radius 3 is 2.57 bits per heavy atom. The average Bonchev–Trinajstić information content (AvgIpc) is 2.64. The van der Waals surface area contributed by atoms with E-state index in [2.05, 4.69) is 39.4 Å². The first-order chi connectivity index (χ1) is 12.9. The first-order valence-electron chi connectivity index (χ1n) is 8.79. The fourth-order valence-electron chi connectivity index (χ4n) is 3.08. The fraction of sp³-hybridized carbons (Fsp3) is 0.611. The zero-order valence-electron chi connectivity index (χ0n) is 16.3. The molecule has 10 heteroatoms. The molecule has 0 radical (unpaired) electrons. The molecule has 0 spiro atoms. The molecule has 1 heterocycles. The van der Waals surface area contributed by atoms with Crippen LogP contribution < -0.4 is 15.4 Å². The van der Waals surface area contributed by atoms with Crippen molar-refractivity contribution in [1.29, 1.82) is 0 Å². The third kappa shape index (κ3) is 7.16. The van der Waals surface area contributed by atoms with E-state index in [1.165, 1.54) is 12.1 Å². The van der Waals surface area contributed by atoms with Gasteiger partial charge in [0.25, 0.3) is 0 Å². The van der Waals surface area contributed by atoms with Crippen LogP contribution in [0.1, 0.15) is 18.4 Å². The van der Waals surface area contributed by atoms with Gasteiger partial charge in [0.15, 0.2) is 5.96 Å². The predicted molar refractivity (Wildman–Crippen MR) is 118 cm³/mol. The van der Waals surface area contributed by atoms with Crippen molar-refractivity contribution < 1.29 is 18.3 Å². The largest absolute Gasteiger partial charge is 0.434 e. The summed E-state index contributed by atoms with van der Waals surface area (Å²) >= 11 is 5.98. The summed E-state index contributed by atoms with van der Waals surface area (Å²) in [6, 6.07) is 4.55. The van der Waals surface area contributed by atoms with Crippen molar-refractivity contribution in [1.82, 2.24) is 15.5 Å². The van der Waals surface area contributed by atoms with E-state index in [1.54, 1.807) is 13.1 Å². The van der Waals surface area contributed by atoms with Crippen molar-refractivity contribution in [2.45, 2.75) is 31.5 Å². The van der Waals surface area contributed by atoms with Crippen LogP contribution in [0.5, 0.6) is 5.75 Å². The van der Waals surface area contributed by atoms with Gasteiger partial charge in [0.1, 0.15) is 5.75 Å². The quantitative estimate of drug-likeness (QED) is 0.321. The van der Waals surface area contributed by atoms with Gasteiger partial charge in [-0.25, -0.2) is 0 Å². The number of benzene rings is 1. The molecule has 160 valence electrons. The number of ether oxygens (including phenoxy) is 2. The number of alkyl halides is 2. The van der Waals surface area contributed by atoms with Gasteiger partial charge in [-0.2, -0.15) is 8.78 Å². The van der Waals surface area contributed by atoms with Crippen LogP contribution in [-0.4, -0.2) is 63.9 Å². The Bertz CT molecular complexity index is 644. The maximum Gasteiger partial charge on any atom is 0.387 e. The van der Waals surface area contributed by atoms with Crippen molar-refractivity contribution in [2.24, 2.45) is 4.99 Å². The molecule has 0 aliphatic carbocycles. The molecule has 1 aromatic rings. The molecule has 2 rings (SSSR count). The summed E-state index contributed by atoms with van der Waals surface area (Å²) in [6.45, 7) is -0.499. The van der Waals surface area contributed by atoms with Crippen molar-refractivity contribution >= 4 is 41.5 Å². The molecule has 0 saturated carbocycles. The van der Waals surface area contributed by atoms with Gasteiger partial charge in [-0.1, -0.05) is 11.6 Å². The van der Waals surface area contributed by atoms with Crippen LogP contribution in [-0.2, 0) is 11.3 Å². The maximum atomic E-state index is 12.6. The number of likely N-dealkylation sites (N-methyl/N-ethyl adjacent to an activating group) is 1. The van der Waals surface area contributed by atoms with E-state index >= 15 is 0 Å². The normalized spacial score (nSPS) is 16.6. The molecule has 1 aliphatic heterocycles. The van der Waals surface area contributed by atoms with Gasteiger partial charge in [0, 0.05) is 49.5 Å². The second-order valence-corrected chi connectivity index (χ2v) is 7.08. The molecule has 1 saturated heterocycles. The SMILES string of the molecule is CN=C(NCc1cc(Cl)ccc1OC(F)F)NCC1(N(C)C)CCOCC1.I. The van der Waals surface area contributed by atoms with E-state index in [0.29, 0.717) is 23.1 Å². The second kappa shape index (κ2) is 11.9. The fourth-order valence-corrected chi connectivity index (χ4v) is 3.27. The minimum absolute atomic E-state index is 0. The monoisotopic (exact) mass is 532 g/mol. The summed E-state index contributed by atoms with van der Waals surface area (Å²) in [5, 5.41) is 6.90. The smallest absolute Gasteiger partial charge is 0.387 e. The Balaban J connectivity index is 0.00000392. The number of hydrogen-bond donors (Lipinski definition) is 2. The highest BCUT2D eigenvalue weighted by Crippen LogP contribution is 2.26. The van der Waals surface area contributed by atoms with Crippen molar-refractivity contribution in [3.63, 3.8) is 0 Å². The molecule has 28 heavy (non-hydrogen) atoms. The molecule has 6 nitrogen and oxygen atoms in total. The average molecular weight is 533 g/mol. The van der Waals surface area contributed by atoms with Crippen LogP contribution in [0.4, 0.5) is 8.78 Å². The highest BCUT2D eigenvalue weighted by atomic mass is 127. The topological polar surface area (TPSA) is 58.1 Å². The van der Waals surface area contributed by atoms with E-state index in [0.717, 1.165) is 26.1 Å². The van der Waals surface area contributed by atoms with Gasteiger partial charge < -0.3 is 25.0 Å². The van der Waals surface area contributed by atoms with Gasteiger partial charge >= 0.3 is 6.61 Å². The van der Waals surface area contributed by atoms with Gasteiger partial charge in [-0.3, -0.25) is 4.99 Å². The lowest BCUT2D eigenvalue weighted by Crippen LogP contribution is -2.57. The van der Waals surface area contributed by atoms with Crippen LogP contribution in [0.2, 0.25) is 5.02 Å². The minimum Gasteiger partial charge on any atom is -0.434 e. The Morgan fingerprint density at radius 1 is 1.32 bits per heavy atom. The van der Waals surface area contributed by atoms with Crippen LogP contribution in [0.3, 0.4) is 0 Å². The van der Waals surface area contributed by atoms with E-state index in [-0.39, 0.29) is 41.8 Å². The first-order valence-corrected chi connectivity index (χ1v) is 9.17. The van der Waals surface area contributed by atoms with Gasteiger partial charge in [-0.15, -0.1) is 24.0 Å². The van der Waals surface area contributed by atoms with E-state index in [1.807, 2.05) is 0 Å². The van der Waals surface area contributed by atoms with Crippen LogP contribution in [0.15, 0.2) is 23.2 Å². The maximum absolute atomic E-state index is 12.6. The third-order valence-electron chi connectivity index (χ3n) is 4.87. The molecule has 0 unspecified atom stereocenters. The summed E-state index contributed by atoms with van der Waals surface area (Å²) in [5.41, 5.74) is 0.509. The number of hydrogen-bond acceptors (Lipinski definition) is 4. The number of rotatable bonds is 7. The Hall–Kier alpha value is -0.910. The first kappa shape index (κ1) is 25.1. The third-order valence-corrected chi connectivity index (χ3v) is 5.10. The number of nitrogens with zero attached hydrogens (tertiary/aromatic N) is 2. The highest BCUT2D eigenvalue weighted by molar-refractivity contribution is 14.0. The molecule has 0 aromatic heterocycles. The van der Waals surface area contributed by atoms with Crippen LogP contribution in [0, 0.1) is 0 Å². The summed E-state index contributed by atoms with van der Waals surface area (Å²) in [6.07, 6.45) is 1.84.